The molecule has 1 aromatic heterocycles. The van der Waals surface area contributed by atoms with Gasteiger partial charge in [-0.2, -0.15) is 0 Å². The highest BCUT2D eigenvalue weighted by Gasteiger charge is 2.34. The second-order valence-electron chi connectivity index (χ2n) is 10.2. The number of amides is 2. The van der Waals surface area contributed by atoms with Crippen LogP contribution in [-0.4, -0.2) is 60.1 Å². The van der Waals surface area contributed by atoms with E-state index in [1.807, 2.05) is 24.1 Å². The summed E-state index contributed by atoms with van der Waals surface area (Å²) in [7, 11) is 1.56. The molecule has 8 nitrogen and oxygen atoms in total. The Morgan fingerprint density at radius 3 is 2.97 bits per heavy atom. The molecule has 36 heavy (non-hydrogen) atoms. The maximum Gasteiger partial charge on any atom is 0.317 e. The summed E-state index contributed by atoms with van der Waals surface area (Å²) in [6.45, 7) is 7.39. The molecule has 0 saturated carbocycles. The predicted molar refractivity (Wildman–Crippen MR) is 136 cm³/mol. The van der Waals surface area contributed by atoms with E-state index in [4.69, 9.17) is 4.74 Å². The zero-order valence-electron chi connectivity index (χ0n) is 21.2. The third-order valence-corrected chi connectivity index (χ3v) is 7.38. The number of nitrogens with one attached hydrogen (secondary N) is 3. The number of urea groups is 1. The van der Waals surface area contributed by atoms with Crippen molar-refractivity contribution in [2.75, 3.05) is 33.3 Å². The Morgan fingerprint density at radius 1 is 1.31 bits per heavy atom. The lowest BCUT2D eigenvalue weighted by molar-refractivity contribution is 0.134. The number of nitrogens with zero attached hydrogens (tertiary/aromatic N) is 3. The summed E-state index contributed by atoms with van der Waals surface area (Å²) in [5.74, 6) is 0.687. The van der Waals surface area contributed by atoms with Gasteiger partial charge in [0.05, 0.1) is 13.2 Å². The number of halogens is 1. The number of ether oxygens (including phenoxy) is 1. The third-order valence-electron chi connectivity index (χ3n) is 7.38. The van der Waals surface area contributed by atoms with E-state index in [-0.39, 0.29) is 23.9 Å². The van der Waals surface area contributed by atoms with Gasteiger partial charge in [-0.05, 0) is 54.7 Å². The van der Waals surface area contributed by atoms with Gasteiger partial charge in [0, 0.05) is 68.3 Å². The van der Waals surface area contributed by atoms with Crippen LogP contribution in [0, 0.1) is 18.7 Å². The molecule has 192 valence electrons. The standard InChI is InChI=1S/C27H35FN6O2/c1-17-11-20(14-33(13-17)15-21-23(28)5-4-6-25(21)36-3)30-27(35)34-10-8-24-22(16-34)26(32-31-24)19-7-9-29-18(2)12-19/h4-7,9,12,17,20,26,31-32H,8,10-11,13-16H2,1-3H3,(H,30,35). The Kier molecular flexibility index (Phi) is 7.11. The molecule has 1 fully saturated rings. The molecule has 9 heteroatoms. The first kappa shape index (κ1) is 24.5. The highest BCUT2D eigenvalue weighted by atomic mass is 19.1. The van der Waals surface area contributed by atoms with Crippen molar-refractivity contribution in [3.8, 4) is 5.75 Å². The van der Waals surface area contributed by atoms with Crippen LogP contribution in [0.1, 0.15) is 42.6 Å². The third kappa shape index (κ3) is 5.17. The number of hydrogen-bond acceptors (Lipinski definition) is 6. The van der Waals surface area contributed by atoms with Gasteiger partial charge in [0.15, 0.2) is 0 Å². The zero-order valence-corrected chi connectivity index (χ0v) is 21.2. The molecule has 3 atom stereocenters. The molecule has 1 aromatic carbocycles. The summed E-state index contributed by atoms with van der Waals surface area (Å²) in [6.07, 6.45) is 3.52. The molecule has 1 saturated heterocycles. The number of hydrogen-bond donors (Lipinski definition) is 3. The number of piperidine rings is 1. The SMILES string of the molecule is COc1cccc(F)c1CN1CC(C)CC(NC(=O)N2CCC3=C(C2)C(c2ccnc(C)c2)NN3)C1. The van der Waals surface area contributed by atoms with Crippen molar-refractivity contribution < 1.29 is 13.9 Å². The normalized spacial score (nSPS) is 24.3. The summed E-state index contributed by atoms with van der Waals surface area (Å²) in [5, 5.41) is 3.27. The topological polar surface area (TPSA) is 81.8 Å². The molecule has 4 heterocycles. The maximum absolute atomic E-state index is 14.5. The van der Waals surface area contributed by atoms with Gasteiger partial charge in [0.1, 0.15) is 11.6 Å². The minimum atomic E-state index is -0.261. The molecule has 0 spiro atoms. The lowest BCUT2D eigenvalue weighted by Gasteiger charge is -2.38. The van der Waals surface area contributed by atoms with E-state index in [0.29, 0.717) is 43.4 Å². The number of carbonyl (C=O) groups is 1. The van der Waals surface area contributed by atoms with Gasteiger partial charge in [0.2, 0.25) is 0 Å². The molecular weight excluding hydrogens is 459 g/mol. The van der Waals surface area contributed by atoms with Crippen LogP contribution in [0.2, 0.25) is 0 Å². The van der Waals surface area contributed by atoms with Gasteiger partial charge in [-0.25, -0.2) is 14.6 Å². The summed E-state index contributed by atoms with van der Waals surface area (Å²) in [5.41, 5.74) is 11.7. The van der Waals surface area contributed by atoms with Gasteiger partial charge < -0.3 is 20.4 Å². The van der Waals surface area contributed by atoms with Gasteiger partial charge in [-0.3, -0.25) is 9.88 Å². The van der Waals surface area contributed by atoms with Crippen molar-refractivity contribution in [3.63, 3.8) is 0 Å². The molecule has 3 aliphatic heterocycles. The first-order valence-electron chi connectivity index (χ1n) is 12.7. The fraction of sp³-hybridized carbons (Fsp3) is 0.481. The van der Waals surface area contributed by atoms with Crippen LogP contribution in [0.4, 0.5) is 9.18 Å². The Bertz CT molecular complexity index is 1150. The number of likely N-dealkylation sites (tertiary alicyclic amines) is 1. The molecule has 0 aliphatic carbocycles. The number of benzene rings is 1. The van der Waals surface area contributed by atoms with Crippen molar-refractivity contribution in [2.24, 2.45) is 5.92 Å². The van der Waals surface area contributed by atoms with Gasteiger partial charge in [-0.1, -0.05) is 13.0 Å². The van der Waals surface area contributed by atoms with E-state index in [9.17, 15) is 9.18 Å². The van der Waals surface area contributed by atoms with Crippen LogP contribution in [0.15, 0.2) is 47.8 Å². The first-order valence-corrected chi connectivity index (χ1v) is 12.7. The van der Waals surface area contributed by atoms with Crippen LogP contribution in [0.3, 0.4) is 0 Å². The van der Waals surface area contributed by atoms with Crippen LogP contribution in [0.5, 0.6) is 5.75 Å². The number of carbonyl (C=O) groups excluding carboxylic acids is 1. The van der Waals surface area contributed by atoms with Gasteiger partial charge in [-0.15, -0.1) is 0 Å². The van der Waals surface area contributed by atoms with Crippen molar-refractivity contribution in [1.29, 1.82) is 0 Å². The average molecular weight is 495 g/mol. The Morgan fingerprint density at radius 2 is 2.17 bits per heavy atom. The lowest BCUT2D eigenvalue weighted by Crippen LogP contribution is -2.54. The fourth-order valence-corrected chi connectivity index (χ4v) is 5.72. The molecule has 2 amide bonds. The van der Waals surface area contributed by atoms with E-state index in [0.717, 1.165) is 30.6 Å². The fourth-order valence-electron chi connectivity index (χ4n) is 5.72. The number of aryl methyl sites for hydroxylation is 1. The summed E-state index contributed by atoms with van der Waals surface area (Å²) >= 11 is 0. The van der Waals surface area contributed by atoms with Crippen LogP contribution in [-0.2, 0) is 6.54 Å². The molecule has 2 aromatic rings. The van der Waals surface area contributed by atoms with Crippen molar-refractivity contribution >= 4 is 6.03 Å². The van der Waals surface area contributed by atoms with E-state index in [1.165, 1.54) is 17.3 Å². The minimum absolute atomic E-state index is 0.00728. The van der Waals surface area contributed by atoms with E-state index < -0.39 is 0 Å². The summed E-state index contributed by atoms with van der Waals surface area (Å²) < 4.78 is 19.9. The molecule has 5 rings (SSSR count). The van der Waals surface area contributed by atoms with Crippen LogP contribution in [0.25, 0.3) is 0 Å². The Labute approximate surface area is 211 Å². The monoisotopic (exact) mass is 494 g/mol. The van der Waals surface area contributed by atoms with Crippen molar-refractivity contribution in [1.82, 2.24) is 31.0 Å². The molecular formula is C27H35FN6O2. The van der Waals surface area contributed by atoms with E-state index >= 15 is 0 Å². The number of methoxy groups -OCH3 is 1. The average Bonchev–Trinajstić information content (AvgIpc) is 3.28. The number of pyridine rings is 1. The van der Waals surface area contributed by atoms with E-state index in [2.05, 4.69) is 39.0 Å². The molecule has 0 radical (unpaired) electrons. The minimum Gasteiger partial charge on any atom is -0.496 e. The van der Waals surface area contributed by atoms with Gasteiger partial charge in [0.25, 0.3) is 0 Å². The van der Waals surface area contributed by atoms with E-state index in [1.54, 1.807) is 19.2 Å². The number of rotatable bonds is 5. The maximum atomic E-state index is 14.5. The number of hydrazine groups is 1. The molecule has 0 bridgehead atoms. The quantitative estimate of drug-likeness (QED) is 0.592. The number of aromatic nitrogens is 1. The molecule has 3 unspecified atom stereocenters. The summed E-state index contributed by atoms with van der Waals surface area (Å²) in [6, 6.07) is 9.01. The molecule has 3 aliphatic rings. The van der Waals surface area contributed by atoms with Crippen molar-refractivity contribution in [2.45, 2.75) is 45.3 Å². The van der Waals surface area contributed by atoms with Gasteiger partial charge >= 0.3 is 6.03 Å². The van der Waals surface area contributed by atoms with Crippen LogP contribution < -0.4 is 20.9 Å². The van der Waals surface area contributed by atoms with Crippen molar-refractivity contribution in [3.05, 3.63) is 70.4 Å². The largest absolute Gasteiger partial charge is 0.496 e. The highest BCUT2D eigenvalue weighted by molar-refractivity contribution is 5.75. The first-order chi connectivity index (χ1) is 17.4. The second kappa shape index (κ2) is 10.4. The Hall–Kier alpha value is -3.17. The predicted octanol–water partition coefficient (Wildman–Crippen LogP) is 3.27. The molecule has 3 N–H and O–H groups in total. The highest BCUT2D eigenvalue weighted by Crippen LogP contribution is 2.32. The second-order valence-corrected chi connectivity index (χ2v) is 10.2. The lowest BCUT2D eigenvalue weighted by atomic mass is 9.94. The smallest absolute Gasteiger partial charge is 0.317 e. The summed E-state index contributed by atoms with van der Waals surface area (Å²) in [4.78, 5) is 21.7. The zero-order chi connectivity index (χ0) is 25.2. The van der Waals surface area contributed by atoms with Crippen LogP contribution >= 0.6 is 0 Å². The Balaban J connectivity index is 1.23.